The van der Waals surface area contributed by atoms with Crippen molar-refractivity contribution in [2.45, 2.75) is 12.7 Å². The van der Waals surface area contributed by atoms with Gasteiger partial charge in [0.2, 0.25) is 0 Å². The smallest absolute Gasteiger partial charge is 0.409 e. The molecule has 2 heterocycles. The fourth-order valence-corrected chi connectivity index (χ4v) is 1.76. The molecule has 0 aliphatic rings. The number of nitrogens with zero attached hydrogens (tertiary/aromatic N) is 4. The molecule has 0 saturated heterocycles. The molecular formula is C13H10ClF3N4O. The normalized spacial score (nSPS) is 13.5. The summed E-state index contributed by atoms with van der Waals surface area (Å²) in [5.41, 5.74) is 0.717. The van der Waals surface area contributed by atoms with Gasteiger partial charge in [-0.1, -0.05) is 28.9 Å². The summed E-state index contributed by atoms with van der Waals surface area (Å²) in [5.74, 6) is -1.62. The highest BCUT2D eigenvalue weighted by molar-refractivity contribution is 6.29. The first-order valence-electron chi connectivity index (χ1n) is 6.00. The molecule has 0 aliphatic heterocycles. The van der Waals surface area contributed by atoms with Crippen LogP contribution in [-0.2, 0) is 6.54 Å². The lowest BCUT2D eigenvalue weighted by Gasteiger charge is -2.08. The maximum Gasteiger partial charge on any atom is 0.455 e. The van der Waals surface area contributed by atoms with E-state index in [0.717, 1.165) is 5.56 Å². The first kappa shape index (κ1) is 16.0. The lowest BCUT2D eigenvalue weighted by molar-refractivity contribution is -0.0620. The summed E-state index contributed by atoms with van der Waals surface area (Å²) in [7, 11) is 0. The van der Waals surface area contributed by atoms with Crippen molar-refractivity contribution in [1.82, 2.24) is 9.55 Å². The van der Waals surface area contributed by atoms with Gasteiger partial charge in [0.15, 0.2) is 0 Å². The number of aromatic nitrogens is 2. The van der Waals surface area contributed by atoms with E-state index >= 15 is 0 Å². The Hall–Kier alpha value is -2.35. The highest BCUT2D eigenvalue weighted by atomic mass is 35.5. The standard InChI is InChI=1S/C13H10ClF3N4O/c14-10-5-4-9(7-18-10)8-21-6-2-1-3-11(21)19-12(20-22)13(15,16)17/h1-7,22H,8H2/b19-11?,20-12-. The second kappa shape index (κ2) is 6.61. The van der Waals surface area contributed by atoms with Gasteiger partial charge in [0.1, 0.15) is 10.6 Å². The molecule has 0 radical (unpaired) electrons. The lowest BCUT2D eigenvalue weighted by atomic mass is 10.3. The number of oxime groups is 1. The Morgan fingerprint density at radius 2 is 2.05 bits per heavy atom. The van der Waals surface area contributed by atoms with Gasteiger partial charge in [0.05, 0.1) is 6.54 Å². The highest BCUT2D eigenvalue weighted by Crippen LogP contribution is 2.17. The number of amidine groups is 1. The third-order valence-electron chi connectivity index (χ3n) is 2.63. The van der Waals surface area contributed by atoms with E-state index in [1.807, 2.05) is 0 Å². The summed E-state index contributed by atoms with van der Waals surface area (Å²) in [6.45, 7) is 0.237. The van der Waals surface area contributed by atoms with Crippen LogP contribution >= 0.6 is 11.6 Å². The van der Waals surface area contributed by atoms with Crippen LogP contribution in [-0.4, -0.2) is 26.8 Å². The second-order valence-corrected chi connectivity index (χ2v) is 4.60. The van der Waals surface area contributed by atoms with Gasteiger partial charge in [0.25, 0.3) is 5.84 Å². The Morgan fingerprint density at radius 1 is 1.27 bits per heavy atom. The molecule has 1 N–H and O–H groups in total. The number of halogens is 4. The molecule has 0 fully saturated rings. The van der Waals surface area contributed by atoms with Crippen molar-refractivity contribution in [2.24, 2.45) is 10.1 Å². The molecule has 0 bridgehead atoms. The molecule has 22 heavy (non-hydrogen) atoms. The summed E-state index contributed by atoms with van der Waals surface area (Å²) < 4.78 is 39.2. The first-order valence-corrected chi connectivity index (χ1v) is 6.38. The van der Waals surface area contributed by atoms with E-state index < -0.39 is 12.0 Å². The Morgan fingerprint density at radius 3 is 2.64 bits per heavy atom. The van der Waals surface area contributed by atoms with Crippen LogP contribution in [0.2, 0.25) is 5.15 Å². The number of alkyl halides is 3. The van der Waals surface area contributed by atoms with E-state index in [0.29, 0.717) is 5.15 Å². The minimum absolute atomic E-state index is 0.0115. The number of hydrogen-bond acceptors (Lipinski definition) is 3. The van der Waals surface area contributed by atoms with Crippen LogP contribution in [0.4, 0.5) is 13.2 Å². The zero-order valence-corrected chi connectivity index (χ0v) is 11.8. The van der Waals surface area contributed by atoms with Crippen LogP contribution in [0.5, 0.6) is 0 Å². The average molecular weight is 331 g/mol. The number of rotatable bonds is 2. The molecule has 0 unspecified atom stereocenters. The molecular weight excluding hydrogens is 321 g/mol. The first-order chi connectivity index (χ1) is 10.4. The average Bonchev–Trinajstić information content (AvgIpc) is 2.47. The molecule has 116 valence electrons. The molecule has 5 nitrogen and oxygen atoms in total. The summed E-state index contributed by atoms with van der Waals surface area (Å²) in [6.07, 6.45) is -1.78. The minimum atomic E-state index is -4.84. The fourth-order valence-electron chi connectivity index (χ4n) is 1.65. The quantitative estimate of drug-likeness (QED) is 0.302. The van der Waals surface area contributed by atoms with Crippen LogP contribution in [0.1, 0.15) is 5.56 Å². The summed E-state index contributed by atoms with van der Waals surface area (Å²) >= 11 is 5.68. The highest BCUT2D eigenvalue weighted by Gasteiger charge is 2.36. The van der Waals surface area contributed by atoms with Crippen molar-refractivity contribution in [3.8, 4) is 0 Å². The van der Waals surface area contributed by atoms with Gasteiger partial charge >= 0.3 is 6.18 Å². The predicted octanol–water partition coefficient (Wildman–Crippen LogP) is 2.84. The number of pyridine rings is 2. The fraction of sp³-hybridized carbons (Fsp3) is 0.154. The minimum Gasteiger partial charge on any atom is -0.409 e. The molecule has 2 aromatic heterocycles. The third-order valence-corrected chi connectivity index (χ3v) is 2.85. The van der Waals surface area contributed by atoms with Gasteiger partial charge in [-0.25, -0.2) is 9.98 Å². The van der Waals surface area contributed by atoms with E-state index in [-0.39, 0.29) is 12.0 Å². The van der Waals surface area contributed by atoms with Crippen molar-refractivity contribution in [3.63, 3.8) is 0 Å². The molecule has 9 heteroatoms. The number of hydrogen-bond donors (Lipinski definition) is 1. The van der Waals surface area contributed by atoms with Crippen molar-refractivity contribution in [3.05, 3.63) is 58.9 Å². The van der Waals surface area contributed by atoms with Crippen LogP contribution in [0, 0.1) is 0 Å². The molecule has 0 aliphatic carbocycles. The van der Waals surface area contributed by atoms with Crippen molar-refractivity contribution < 1.29 is 18.4 Å². The van der Waals surface area contributed by atoms with Crippen molar-refractivity contribution in [2.75, 3.05) is 0 Å². The van der Waals surface area contributed by atoms with Crippen molar-refractivity contribution >= 4 is 17.4 Å². The van der Waals surface area contributed by atoms with Gasteiger partial charge in [-0.3, -0.25) is 0 Å². The lowest BCUT2D eigenvalue weighted by Crippen LogP contribution is -2.28. The Kier molecular flexibility index (Phi) is 4.81. The van der Waals surface area contributed by atoms with Crippen LogP contribution in [0.15, 0.2) is 52.9 Å². The molecule has 0 saturated carbocycles. The maximum atomic E-state index is 12.6. The van der Waals surface area contributed by atoms with Crippen LogP contribution in [0.25, 0.3) is 0 Å². The zero-order valence-electron chi connectivity index (χ0n) is 11.0. The van der Waals surface area contributed by atoms with Gasteiger partial charge < -0.3 is 9.77 Å². The largest absolute Gasteiger partial charge is 0.455 e. The van der Waals surface area contributed by atoms with Gasteiger partial charge in [-0.15, -0.1) is 0 Å². The Bertz CT molecular complexity index is 738. The monoisotopic (exact) mass is 330 g/mol. The van der Waals surface area contributed by atoms with E-state index in [9.17, 15) is 13.2 Å². The van der Waals surface area contributed by atoms with E-state index in [4.69, 9.17) is 16.8 Å². The topological polar surface area (TPSA) is 62.8 Å². The van der Waals surface area contributed by atoms with E-state index in [2.05, 4.69) is 15.1 Å². The van der Waals surface area contributed by atoms with Crippen molar-refractivity contribution in [1.29, 1.82) is 0 Å². The molecule has 0 spiro atoms. The van der Waals surface area contributed by atoms with Gasteiger partial charge in [-0.2, -0.15) is 13.2 Å². The maximum absolute atomic E-state index is 12.6. The Labute approximate surface area is 128 Å². The summed E-state index contributed by atoms with van der Waals surface area (Å²) in [4.78, 5) is 7.25. The van der Waals surface area contributed by atoms with Crippen LogP contribution in [0.3, 0.4) is 0 Å². The third kappa shape index (κ3) is 4.08. The van der Waals surface area contributed by atoms with E-state index in [1.54, 1.807) is 24.4 Å². The predicted molar refractivity (Wildman–Crippen MR) is 73.6 cm³/mol. The molecule has 0 aromatic carbocycles. The molecule has 0 atom stereocenters. The Balaban J connectivity index is 2.40. The summed E-state index contributed by atoms with van der Waals surface area (Å²) in [5, 5.41) is 11.0. The zero-order chi connectivity index (χ0) is 16.2. The SMILES string of the molecule is O/N=C(\N=c1ccccn1Cc1ccc(Cl)nc1)C(F)(F)F. The summed E-state index contributed by atoms with van der Waals surface area (Å²) in [6, 6.07) is 7.82. The van der Waals surface area contributed by atoms with Crippen LogP contribution < -0.4 is 5.49 Å². The molecule has 0 amide bonds. The van der Waals surface area contributed by atoms with Gasteiger partial charge in [-0.05, 0) is 23.8 Å². The second-order valence-electron chi connectivity index (χ2n) is 4.21. The van der Waals surface area contributed by atoms with E-state index in [1.165, 1.54) is 22.9 Å². The molecule has 2 aromatic rings. The van der Waals surface area contributed by atoms with Gasteiger partial charge in [0, 0.05) is 12.4 Å². The molecule has 2 rings (SSSR count).